The largest absolute Gasteiger partial charge is 0.337 e. The highest BCUT2D eigenvalue weighted by atomic mass is 32.1. The predicted molar refractivity (Wildman–Crippen MR) is 77.0 cm³/mol. The van der Waals surface area contributed by atoms with E-state index < -0.39 is 5.54 Å². The zero-order chi connectivity index (χ0) is 14.4. The van der Waals surface area contributed by atoms with Crippen LogP contribution in [0.4, 0.5) is 0 Å². The fraction of sp³-hybridized carbons (Fsp3) is 0.385. The van der Waals surface area contributed by atoms with Gasteiger partial charge in [0.2, 0.25) is 5.89 Å². The van der Waals surface area contributed by atoms with Crippen LogP contribution in [0.3, 0.4) is 0 Å². The quantitative estimate of drug-likeness (QED) is 0.781. The van der Waals surface area contributed by atoms with Crippen LogP contribution in [-0.2, 0) is 12.1 Å². The summed E-state index contributed by atoms with van der Waals surface area (Å²) in [4.78, 5) is 21.6. The Morgan fingerprint density at radius 1 is 1.48 bits per heavy atom. The van der Waals surface area contributed by atoms with Gasteiger partial charge < -0.3 is 10.3 Å². The highest BCUT2D eigenvalue weighted by Crippen LogP contribution is 2.36. The Morgan fingerprint density at radius 3 is 3.10 bits per heavy atom. The van der Waals surface area contributed by atoms with Crippen LogP contribution in [0.5, 0.6) is 0 Å². The number of aromatic nitrogens is 4. The summed E-state index contributed by atoms with van der Waals surface area (Å²) in [6, 6.07) is 1.77. The molecule has 7 nitrogen and oxygen atoms in total. The lowest BCUT2D eigenvalue weighted by atomic mass is 9.77. The molecule has 0 aliphatic heterocycles. The summed E-state index contributed by atoms with van der Waals surface area (Å²) in [5, 5.41) is 6.40. The van der Waals surface area contributed by atoms with Gasteiger partial charge in [-0.25, -0.2) is 4.98 Å². The SMILES string of the molecule is NC1(c2noc(Cn3cnc4sccc4c3=O)n2)CCC1. The molecule has 0 aromatic carbocycles. The third-order valence-electron chi connectivity index (χ3n) is 3.92. The number of hydrogen-bond acceptors (Lipinski definition) is 7. The first-order chi connectivity index (χ1) is 10.2. The number of fused-ring (bicyclic) bond motifs is 1. The van der Waals surface area contributed by atoms with Gasteiger partial charge in [0.25, 0.3) is 5.56 Å². The average Bonchev–Trinajstić information content (AvgIpc) is 3.08. The topological polar surface area (TPSA) is 99.8 Å². The zero-order valence-electron chi connectivity index (χ0n) is 11.2. The van der Waals surface area contributed by atoms with Crippen molar-refractivity contribution in [1.82, 2.24) is 19.7 Å². The lowest BCUT2D eigenvalue weighted by Gasteiger charge is -2.34. The lowest BCUT2D eigenvalue weighted by molar-refractivity contribution is 0.228. The Morgan fingerprint density at radius 2 is 2.33 bits per heavy atom. The number of nitrogens with zero attached hydrogens (tertiary/aromatic N) is 4. The molecule has 0 spiro atoms. The van der Waals surface area contributed by atoms with Crippen molar-refractivity contribution >= 4 is 21.6 Å². The van der Waals surface area contributed by atoms with E-state index in [1.54, 1.807) is 6.07 Å². The Hall–Kier alpha value is -2.06. The monoisotopic (exact) mass is 303 g/mol. The van der Waals surface area contributed by atoms with Crippen molar-refractivity contribution in [2.45, 2.75) is 31.3 Å². The molecule has 1 saturated carbocycles. The summed E-state index contributed by atoms with van der Waals surface area (Å²) < 4.78 is 6.68. The van der Waals surface area contributed by atoms with Crippen molar-refractivity contribution in [3.8, 4) is 0 Å². The molecule has 3 aromatic rings. The van der Waals surface area contributed by atoms with Crippen LogP contribution in [0.2, 0.25) is 0 Å². The Labute approximate surface area is 123 Å². The minimum absolute atomic E-state index is 0.105. The smallest absolute Gasteiger partial charge is 0.262 e. The molecular weight excluding hydrogens is 290 g/mol. The van der Waals surface area contributed by atoms with Gasteiger partial charge in [-0.3, -0.25) is 9.36 Å². The maximum absolute atomic E-state index is 12.3. The second-order valence-electron chi connectivity index (χ2n) is 5.34. The van der Waals surface area contributed by atoms with E-state index in [0.29, 0.717) is 17.1 Å². The third kappa shape index (κ3) is 1.98. The third-order valence-corrected chi connectivity index (χ3v) is 4.74. The number of nitrogens with two attached hydrogens (primary N) is 1. The molecule has 3 aromatic heterocycles. The first kappa shape index (κ1) is 12.7. The van der Waals surface area contributed by atoms with E-state index in [0.717, 1.165) is 24.1 Å². The second kappa shape index (κ2) is 4.47. The lowest BCUT2D eigenvalue weighted by Crippen LogP contribution is -2.44. The number of rotatable bonds is 3. The molecule has 21 heavy (non-hydrogen) atoms. The fourth-order valence-corrected chi connectivity index (χ4v) is 3.18. The molecule has 0 radical (unpaired) electrons. The van der Waals surface area contributed by atoms with Crippen molar-refractivity contribution < 1.29 is 4.52 Å². The maximum atomic E-state index is 12.3. The van der Waals surface area contributed by atoms with E-state index in [9.17, 15) is 4.79 Å². The Balaban J connectivity index is 1.65. The standard InChI is InChI=1S/C13H13N5O2S/c14-13(3-1-4-13)12-16-9(20-17-12)6-18-7-15-10-8(11(18)19)2-5-21-10/h2,5,7H,1,3-4,6,14H2. The van der Waals surface area contributed by atoms with Gasteiger partial charge in [0, 0.05) is 0 Å². The molecule has 108 valence electrons. The van der Waals surface area contributed by atoms with E-state index in [2.05, 4.69) is 15.1 Å². The summed E-state index contributed by atoms with van der Waals surface area (Å²) >= 11 is 1.44. The molecule has 0 amide bonds. The highest BCUT2D eigenvalue weighted by molar-refractivity contribution is 7.16. The first-order valence-electron chi connectivity index (χ1n) is 6.70. The van der Waals surface area contributed by atoms with Crippen LogP contribution in [-0.4, -0.2) is 19.7 Å². The average molecular weight is 303 g/mol. The Bertz CT molecular complexity index is 861. The number of thiophene rings is 1. The molecule has 1 fully saturated rings. The van der Waals surface area contributed by atoms with Crippen molar-refractivity contribution in [1.29, 1.82) is 0 Å². The molecule has 8 heteroatoms. The van der Waals surface area contributed by atoms with Gasteiger partial charge in [0.1, 0.15) is 11.4 Å². The zero-order valence-corrected chi connectivity index (χ0v) is 12.0. The molecular formula is C13H13N5O2S. The molecule has 4 rings (SSSR count). The summed E-state index contributed by atoms with van der Waals surface area (Å²) in [7, 11) is 0. The van der Waals surface area contributed by atoms with Crippen LogP contribution < -0.4 is 11.3 Å². The van der Waals surface area contributed by atoms with Crippen LogP contribution in [0.1, 0.15) is 31.0 Å². The molecule has 3 heterocycles. The minimum atomic E-state index is -0.456. The Kier molecular flexibility index (Phi) is 2.69. The van der Waals surface area contributed by atoms with Crippen LogP contribution in [0.25, 0.3) is 10.2 Å². The van der Waals surface area contributed by atoms with E-state index >= 15 is 0 Å². The minimum Gasteiger partial charge on any atom is -0.337 e. The van der Waals surface area contributed by atoms with Gasteiger partial charge in [-0.1, -0.05) is 5.16 Å². The second-order valence-corrected chi connectivity index (χ2v) is 6.23. The van der Waals surface area contributed by atoms with Crippen molar-refractivity contribution in [3.05, 3.63) is 39.8 Å². The van der Waals surface area contributed by atoms with E-state index in [-0.39, 0.29) is 12.1 Å². The molecule has 0 atom stereocenters. The summed E-state index contributed by atoms with van der Waals surface area (Å²) in [6.07, 6.45) is 4.33. The molecule has 2 N–H and O–H groups in total. The normalized spacial score (nSPS) is 17.0. The highest BCUT2D eigenvalue weighted by Gasteiger charge is 2.38. The van der Waals surface area contributed by atoms with Gasteiger partial charge in [0.05, 0.1) is 17.3 Å². The molecule has 0 bridgehead atoms. The van der Waals surface area contributed by atoms with Crippen molar-refractivity contribution in [3.63, 3.8) is 0 Å². The van der Waals surface area contributed by atoms with E-state index in [4.69, 9.17) is 10.3 Å². The van der Waals surface area contributed by atoms with Gasteiger partial charge >= 0.3 is 0 Å². The maximum Gasteiger partial charge on any atom is 0.262 e. The molecule has 0 unspecified atom stereocenters. The molecule has 0 saturated heterocycles. The van der Waals surface area contributed by atoms with Crippen molar-refractivity contribution in [2.75, 3.05) is 0 Å². The van der Waals surface area contributed by atoms with Gasteiger partial charge in [0.15, 0.2) is 5.82 Å². The summed E-state index contributed by atoms with van der Waals surface area (Å²) in [6.45, 7) is 0.209. The van der Waals surface area contributed by atoms with Crippen LogP contribution in [0, 0.1) is 0 Å². The summed E-state index contributed by atoms with van der Waals surface area (Å²) in [5.74, 6) is 0.904. The first-order valence-corrected chi connectivity index (χ1v) is 7.58. The molecule has 1 aliphatic carbocycles. The molecule has 1 aliphatic rings. The fourth-order valence-electron chi connectivity index (χ4n) is 2.45. The van der Waals surface area contributed by atoms with Crippen LogP contribution in [0.15, 0.2) is 27.1 Å². The van der Waals surface area contributed by atoms with Gasteiger partial charge in [-0.2, -0.15) is 4.98 Å². The summed E-state index contributed by atoms with van der Waals surface area (Å²) in [5.41, 5.74) is 5.60. The van der Waals surface area contributed by atoms with Gasteiger partial charge in [-0.15, -0.1) is 11.3 Å². The van der Waals surface area contributed by atoms with E-state index in [1.807, 2.05) is 5.38 Å². The number of hydrogen-bond donors (Lipinski definition) is 1. The van der Waals surface area contributed by atoms with Crippen LogP contribution >= 0.6 is 11.3 Å². The van der Waals surface area contributed by atoms with E-state index in [1.165, 1.54) is 22.2 Å². The van der Waals surface area contributed by atoms with Crippen molar-refractivity contribution in [2.24, 2.45) is 5.73 Å². The van der Waals surface area contributed by atoms with Gasteiger partial charge in [-0.05, 0) is 30.7 Å². The predicted octanol–water partition coefficient (Wildman–Crippen LogP) is 1.23.